The van der Waals surface area contributed by atoms with E-state index in [9.17, 15) is 0 Å². The number of allylic oxidation sites excluding steroid dienone is 1. The highest BCUT2D eigenvalue weighted by Crippen LogP contribution is 2.31. The Kier molecular flexibility index (Phi) is 2.78. The number of rotatable bonds is 0. The van der Waals surface area contributed by atoms with Crippen molar-refractivity contribution in [2.75, 3.05) is 26.8 Å². The van der Waals surface area contributed by atoms with Gasteiger partial charge in [0.05, 0.1) is 6.61 Å². The monoisotopic (exact) mass is 169 g/mol. The van der Waals surface area contributed by atoms with Crippen molar-refractivity contribution in [3.63, 3.8) is 0 Å². The van der Waals surface area contributed by atoms with Crippen LogP contribution in [0.5, 0.6) is 0 Å². The Morgan fingerprint density at radius 3 is 2.75 bits per heavy atom. The normalized spacial score (nSPS) is 24.9. The topological polar surface area (TPSA) is 12.5 Å². The third-order valence-electron chi connectivity index (χ3n) is 2.68. The minimum absolute atomic E-state index is 0.190. The van der Waals surface area contributed by atoms with Crippen LogP contribution < -0.4 is 0 Å². The molecule has 0 radical (unpaired) electrons. The first kappa shape index (κ1) is 9.59. The summed E-state index contributed by atoms with van der Waals surface area (Å²) < 4.78 is 5.45. The Morgan fingerprint density at radius 1 is 1.42 bits per heavy atom. The van der Waals surface area contributed by atoms with Crippen molar-refractivity contribution in [2.24, 2.45) is 5.41 Å². The van der Waals surface area contributed by atoms with Crippen molar-refractivity contribution in [3.8, 4) is 0 Å². The molecule has 0 spiro atoms. The third kappa shape index (κ3) is 2.01. The smallest absolute Gasteiger partial charge is 0.0641 e. The fourth-order valence-electron chi connectivity index (χ4n) is 1.43. The molecule has 0 atom stereocenters. The number of ether oxygens (including phenoxy) is 1. The molecule has 1 rings (SSSR count). The lowest BCUT2D eigenvalue weighted by Gasteiger charge is -2.36. The van der Waals surface area contributed by atoms with Crippen LogP contribution in [0.25, 0.3) is 0 Å². The highest BCUT2D eigenvalue weighted by atomic mass is 16.5. The summed E-state index contributed by atoms with van der Waals surface area (Å²) in [4.78, 5) is 2.19. The predicted molar refractivity (Wildman–Crippen MR) is 51.0 cm³/mol. The average molecular weight is 169 g/mol. The minimum Gasteiger partial charge on any atom is -0.380 e. The predicted octanol–water partition coefficient (Wildman–Crippen LogP) is 1.88. The van der Waals surface area contributed by atoms with Gasteiger partial charge in [0.2, 0.25) is 0 Å². The van der Waals surface area contributed by atoms with E-state index in [1.165, 1.54) is 5.70 Å². The van der Waals surface area contributed by atoms with Crippen molar-refractivity contribution in [1.29, 1.82) is 0 Å². The highest BCUT2D eigenvalue weighted by molar-refractivity contribution is 5.05. The zero-order valence-electron chi connectivity index (χ0n) is 8.39. The fraction of sp³-hybridized carbons (Fsp3) is 0.800. The van der Waals surface area contributed by atoms with E-state index in [1.807, 2.05) is 0 Å². The van der Waals surface area contributed by atoms with Gasteiger partial charge in [-0.2, -0.15) is 0 Å². The molecule has 1 aliphatic heterocycles. The van der Waals surface area contributed by atoms with Crippen LogP contribution in [-0.2, 0) is 4.74 Å². The lowest BCUT2D eigenvalue weighted by molar-refractivity contribution is 0.0695. The number of hydrogen-bond donors (Lipinski definition) is 0. The zero-order valence-corrected chi connectivity index (χ0v) is 8.39. The van der Waals surface area contributed by atoms with E-state index in [2.05, 4.69) is 32.4 Å². The van der Waals surface area contributed by atoms with Gasteiger partial charge in [-0.3, -0.25) is 0 Å². The standard InChI is InChI=1S/C10H19NO/c1-9-10(2,3)5-7-12-8-6-11(9)4/h1,5-8H2,2-4H3. The molecule has 0 aliphatic carbocycles. The second-order valence-corrected chi connectivity index (χ2v) is 4.11. The van der Waals surface area contributed by atoms with Gasteiger partial charge in [0.25, 0.3) is 0 Å². The van der Waals surface area contributed by atoms with E-state index in [-0.39, 0.29) is 5.41 Å². The first-order valence-corrected chi connectivity index (χ1v) is 4.52. The minimum atomic E-state index is 0.190. The van der Waals surface area contributed by atoms with E-state index < -0.39 is 0 Å². The lowest BCUT2D eigenvalue weighted by atomic mass is 9.85. The van der Waals surface area contributed by atoms with Gasteiger partial charge >= 0.3 is 0 Å². The molecule has 2 heteroatoms. The Morgan fingerprint density at radius 2 is 2.08 bits per heavy atom. The highest BCUT2D eigenvalue weighted by Gasteiger charge is 2.25. The molecule has 12 heavy (non-hydrogen) atoms. The second-order valence-electron chi connectivity index (χ2n) is 4.11. The third-order valence-corrected chi connectivity index (χ3v) is 2.68. The Hall–Kier alpha value is -0.500. The molecule has 0 unspecified atom stereocenters. The summed E-state index contributed by atoms with van der Waals surface area (Å²) in [5.74, 6) is 0. The zero-order chi connectivity index (χ0) is 9.19. The van der Waals surface area contributed by atoms with Crippen LogP contribution in [0, 0.1) is 5.41 Å². The van der Waals surface area contributed by atoms with Crippen LogP contribution in [0.1, 0.15) is 20.3 Å². The maximum Gasteiger partial charge on any atom is 0.0641 e. The fourth-order valence-corrected chi connectivity index (χ4v) is 1.43. The molecule has 1 aliphatic rings. The van der Waals surface area contributed by atoms with Crippen LogP contribution in [0.3, 0.4) is 0 Å². The molecule has 1 heterocycles. The van der Waals surface area contributed by atoms with Crippen molar-refractivity contribution < 1.29 is 4.74 Å². The molecule has 70 valence electrons. The Balaban J connectivity index is 2.67. The molecule has 0 bridgehead atoms. The van der Waals surface area contributed by atoms with Crippen LogP contribution in [-0.4, -0.2) is 31.7 Å². The number of nitrogens with zero attached hydrogens (tertiary/aromatic N) is 1. The molecule has 0 aromatic rings. The van der Waals surface area contributed by atoms with Crippen LogP contribution >= 0.6 is 0 Å². The van der Waals surface area contributed by atoms with Crippen LogP contribution in [0.15, 0.2) is 12.3 Å². The van der Waals surface area contributed by atoms with E-state index in [1.54, 1.807) is 0 Å². The van der Waals surface area contributed by atoms with Gasteiger partial charge in [0.1, 0.15) is 0 Å². The van der Waals surface area contributed by atoms with E-state index >= 15 is 0 Å². The molecular weight excluding hydrogens is 150 g/mol. The molecular formula is C10H19NO. The Labute approximate surface area is 75.2 Å². The molecule has 0 saturated carbocycles. The molecule has 0 N–H and O–H groups in total. The molecule has 2 nitrogen and oxygen atoms in total. The van der Waals surface area contributed by atoms with Crippen molar-refractivity contribution >= 4 is 0 Å². The maximum atomic E-state index is 5.45. The maximum absolute atomic E-state index is 5.45. The second kappa shape index (κ2) is 3.48. The van der Waals surface area contributed by atoms with Gasteiger partial charge in [0.15, 0.2) is 0 Å². The molecule has 1 saturated heterocycles. The molecule has 0 amide bonds. The first-order chi connectivity index (χ1) is 5.54. The van der Waals surface area contributed by atoms with Gasteiger partial charge in [-0.1, -0.05) is 20.4 Å². The van der Waals surface area contributed by atoms with Gasteiger partial charge in [0, 0.05) is 31.3 Å². The quantitative estimate of drug-likeness (QED) is 0.549. The number of hydrogen-bond acceptors (Lipinski definition) is 2. The van der Waals surface area contributed by atoms with Crippen LogP contribution in [0.4, 0.5) is 0 Å². The molecule has 0 aromatic heterocycles. The summed E-state index contributed by atoms with van der Waals surface area (Å²) in [6, 6.07) is 0. The van der Waals surface area contributed by atoms with Gasteiger partial charge in [-0.05, 0) is 6.42 Å². The molecule has 1 fully saturated rings. The summed E-state index contributed by atoms with van der Waals surface area (Å²) in [7, 11) is 2.08. The van der Waals surface area contributed by atoms with Crippen molar-refractivity contribution in [3.05, 3.63) is 12.3 Å². The lowest BCUT2D eigenvalue weighted by Crippen LogP contribution is -2.34. The summed E-state index contributed by atoms with van der Waals surface area (Å²) >= 11 is 0. The summed E-state index contributed by atoms with van der Waals surface area (Å²) in [6.45, 7) is 11.2. The average Bonchev–Trinajstić information content (AvgIpc) is 2.00. The van der Waals surface area contributed by atoms with E-state index in [0.29, 0.717) is 0 Å². The summed E-state index contributed by atoms with van der Waals surface area (Å²) in [6.07, 6.45) is 1.07. The number of likely N-dealkylation sites (N-methyl/N-ethyl adjacent to an activating group) is 1. The van der Waals surface area contributed by atoms with Crippen molar-refractivity contribution in [1.82, 2.24) is 4.90 Å². The summed E-state index contributed by atoms with van der Waals surface area (Å²) in [5, 5.41) is 0. The largest absolute Gasteiger partial charge is 0.380 e. The van der Waals surface area contributed by atoms with Crippen molar-refractivity contribution in [2.45, 2.75) is 20.3 Å². The Bertz CT molecular complexity index is 175. The van der Waals surface area contributed by atoms with Gasteiger partial charge in [-0.25, -0.2) is 0 Å². The van der Waals surface area contributed by atoms with E-state index in [0.717, 1.165) is 26.2 Å². The van der Waals surface area contributed by atoms with Gasteiger partial charge < -0.3 is 9.64 Å². The van der Waals surface area contributed by atoms with Crippen LogP contribution in [0.2, 0.25) is 0 Å². The molecule has 0 aromatic carbocycles. The SMILES string of the molecule is C=C1N(C)CCOCCC1(C)C. The van der Waals surface area contributed by atoms with Gasteiger partial charge in [-0.15, -0.1) is 0 Å². The van der Waals surface area contributed by atoms with E-state index in [4.69, 9.17) is 4.74 Å². The first-order valence-electron chi connectivity index (χ1n) is 4.52. The summed E-state index contributed by atoms with van der Waals surface area (Å²) in [5.41, 5.74) is 1.42.